The number of rotatable bonds is 2. The van der Waals surface area contributed by atoms with Crippen molar-refractivity contribution in [1.82, 2.24) is 9.78 Å². The van der Waals surface area contributed by atoms with Gasteiger partial charge in [0.15, 0.2) is 0 Å². The van der Waals surface area contributed by atoms with Crippen molar-refractivity contribution in [3.8, 4) is 5.69 Å². The third kappa shape index (κ3) is 1.95. The highest BCUT2D eigenvalue weighted by Gasteiger charge is 2.06. The summed E-state index contributed by atoms with van der Waals surface area (Å²) >= 11 is 5.89. The first-order chi connectivity index (χ1) is 7.20. The van der Waals surface area contributed by atoms with E-state index >= 15 is 0 Å². The molecule has 0 aliphatic rings. The topological polar surface area (TPSA) is 69.9 Å². The molecule has 15 heavy (non-hydrogen) atoms. The summed E-state index contributed by atoms with van der Waals surface area (Å²) in [6.07, 6.45) is 0. The lowest BCUT2D eigenvalue weighted by Gasteiger charge is -2.05. The second kappa shape index (κ2) is 3.92. The van der Waals surface area contributed by atoms with E-state index in [1.165, 1.54) is 0 Å². The Morgan fingerprint density at radius 3 is 2.80 bits per heavy atom. The molecule has 0 atom stereocenters. The molecule has 0 spiro atoms. The molecule has 0 radical (unpaired) electrons. The summed E-state index contributed by atoms with van der Waals surface area (Å²) < 4.78 is 1.70. The number of nitrogens with zero attached hydrogens (tertiary/aromatic N) is 2. The van der Waals surface area contributed by atoms with Crippen molar-refractivity contribution in [2.24, 2.45) is 5.73 Å². The van der Waals surface area contributed by atoms with Gasteiger partial charge in [-0.1, -0.05) is 17.7 Å². The van der Waals surface area contributed by atoms with Crippen LogP contribution in [0.4, 0.5) is 5.82 Å². The molecule has 0 aliphatic heterocycles. The lowest BCUT2D eigenvalue weighted by molar-refractivity contribution is 0.807. The first-order valence-corrected chi connectivity index (χ1v) is 4.89. The molecule has 0 unspecified atom stereocenters. The quantitative estimate of drug-likeness (QED) is 0.810. The lowest BCUT2D eigenvalue weighted by Crippen LogP contribution is -2.06. The Bertz CT molecular complexity index is 478. The van der Waals surface area contributed by atoms with Crippen molar-refractivity contribution < 1.29 is 0 Å². The Labute approximate surface area is 92.4 Å². The van der Waals surface area contributed by atoms with Crippen molar-refractivity contribution in [1.29, 1.82) is 0 Å². The fourth-order valence-corrected chi connectivity index (χ4v) is 1.60. The molecule has 0 fully saturated rings. The molecule has 0 saturated heterocycles. The molecular formula is C10H11ClN4. The van der Waals surface area contributed by atoms with Gasteiger partial charge in [-0.2, -0.15) is 5.10 Å². The average Bonchev–Trinajstić information content (AvgIpc) is 2.59. The van der Waals surface area contributed by atoms with Crippen molar-refractivity contribution in [2.45, 2.75) is 6.54 Å². The molecule has 1 aromatic heterocycles. The maximum Gasteiger partial charge on any atom is 0.146 e. The molecule has 0 aliphatic carbocycles. The van der Waals surface area contributed by atoms with Gasteiger partial charge in [0.25, 0.3) is 0 Å². The SMILES string of the molecule is NCc1cc(N)nn1-c1cccc(Cl)c1. The number of aromatic nitrogens is 2. The third-order valence-electron chi connectivity index (χ3n) is 2.06. The third-order valence-corrected chi connectivity index (χ3v) is 2.30. The van der Waals surface area contributed by atoms with Crippen molar-refractivity contribution >= 4 is 17.4 Å². The largest absolute Gasteiger partial charge is 0.382 e. The van der Waals surface area contributed by atoms with E-state index in [2.05, 4.69) is 5.10 Å². The van der Waals surface area contributed by atoms with Crippen LogP contribution < -0.4 is 11.5 Å². The zero-order valence-corrected chi connectivity index (χ0v) is 8.78. The molecule has 4 nitrogen and oxygen atoms in total. The van der Waals surface area contributed by atoms with Gasteiger partial charge >= 0.3 is 0 Å². The number of hydrogen-bond acceptors (Lipinski definition) is 3. The number of nitrogen functional groups attached to an aromatic ring is 1. The van der Waals surface area contributed by atoms with Crippen LogP contribution >= 0.6 is 11.6 Å². The van der Waals surface area contributed by atoms with Crippen LogP contribution in [-0.4, -0.2) is 9.78 Å². The first-order valence-electron chi connectivity index (χ1n) is 4.51. The van der Waals surface area contributed by atoms with Crippen LogP contribution in [0.15, 0.2) is 30.3 Å². The number of nitrogens with two attached hydrogens (primary N) is 2. The van der Waals surface area contributed by atoms with Gasteiger partial charge in [-0.05, 0) is 18.2 Å². The Morgan fingerprint density at radius 1 is 1.33 bits per heavy atom. The summed E-state index contributed by atoms with van der Waals surface area (Å²) in [4.78, 5) is 0. The van der Waals surface area contributed by atoms with Crippen molar-refractivity contribution in [3.05, 3.63) is 41.0 Å². The molecule has 2 aromatic rings. The van der Waals surface area contributed by atoms with E-state index in [1.54, 1.807) is 16.8 Å². The molecule has 4 N–H and O–H groups in total. The van der Waals surface area contributed by atoms with E-state index in [4.69, 9.17) is 23.1 Å². The Balaban J connectivity index is 2.53. The predicted molar refractivity (Wildman–Crippen MR) is 60.9 cm³/mol. The summed E-state index contributed by atoms with van der Waals surface area (Å²) in [6.45, 7) is 0.386. The van der Waals surface area contributed by atoms with E-state index in [0.29, 0.717) is 17.4 Å². The number of hydrogen-bond donors (Lipinski definition) is 2. The lowest BCUT2D eigenvalue weighted by atomic mass is 10.3. The zero-order chi connectivity index (χ0) is 10.8. The van der Waals surface area contributed by atoms with Crippen LogP contribution in [0.3, 0.4) is 0 Å². The molecule has 5 heteroatoms. The van der Waals surface area contributed by atoms with E-state index in [0.717, 1.165) is 11.4 Å². The molecule has 0 saturated carbocycles. The molecule has 2 rings (SSSR count). The van der Waals surface area contributed by atoms with Crippen LogP contribution in [0.2, 0.25) is 5.02 Å². The number of halogens is 1. The number of benzene rings is 1. The van der Waals surface area contributed by atoms with E-state index in [-0.39, 0.29) is 0 Å². The summed E-state index contributed by atoms with van der Waals surface area (Å²) in [7, 11) is 0. The minimum Gasteiger partial charge on any atom is -0.382 e. The minimum atomic E-state index is 0.386. The molecule has 78 valence electrons. The van der Waals surface area contributed by atoms with Crippen LogP contribution in [0.1, 0.15) is 5.69 Å². The fraction of sp³-hybridized carbons (Fsp3) is 0.100. The molecule has 1 aromatic carbocycles. The molecule has 0 amide bonds. The highest BCUT2D eigenvalue weighted by Crippen LogP contribution is 2.17. The van der Waals surface area contributed by atoms with Gasteiger partial charge < -0.3 is 11.5 Å². The van der Waals surface area contributed by atoms with Crippen LogP contribution in [0.25, 0.3) is 5.69 Å². The smallest absolute Gasteiger partial charge is 0.146 e. The standard InChI is InChI=1S/C10H11ClN4/c11-7-2-1-3-8(4-7)15-9(6-12)5-10(13)14-15/h1-5H,6,12H2,(H2,13,14). The van der Waals surface area contributed by atoms with Gasteiger partial charge in [-0.3, -0.25) is 0 Å². The Hall–Kier alpha value is -1.52. The van der Waals surface area contributed by atoms with Crippen molar-refractivity contribution in [2.75, 3.05) is 5.73 Å². The van der Waals surface area contributed by atoms with Gasteiger partial charge in [0.1, 0.15) is 5.82 Å². The monoisotopic (exact) mass is 222 g/mol. The van der Waals surface area contributed by atoms with E-state index in [1.807, 2.05) is 18.2 Å². The highest BCUT2D eigenvalue weighted by molar-refractivity contribution is 6.30. The minimum absolute atomic E-state index is 0.386. The van der Waals surface area contributed by atoms with E-state index in [9.17, 15) is 0 Å². The second-order valence-electron chi connectivity index (χ2n) is 3.16. The maximum absolute atomic E-state index is 5.89. The van der Waals surface area contributed by atoms with E-state index < -0.39 is 0 Å². The summed E-state index contributed by atoms with van der Waals surface area (Å²) in [5.74, 6) is 0.454. The Kier molecular flexibility index (Phi) is 2.62. The van der Waals surface area contributed by atoms with Gasteiger partial charge in [-0.25, -0.2) is 4.68 Å². The van der Waals surface area contributed by atoms with Crippen LogP contribution in [-0.2, 0) is 6.54 Å². The van der Waals surface area contributed by atoms with Gasteiger partial charge in [0, 0.05) is 17.6 Å². The fourth-order valence-electron chi connectivity index (χ4n) is 1.42. The molecule has 1 heterocycles. The van der Waals surface area contributed by atoms with Crippen LogP contribution in [0.5, 0.6) is 0 Å². The number of anilines is 1. The molecular weight excluding hydrogens is 212 g/mol. The zero-order valence-electron chi connectivity index (χ0n) is 8.02. The normalized spacial score (nSPS) is 10.5. The second-order valence-corrected chi connectivity index (χ2v) is 3.59. The van der Waals surface area contributed by atoms with Gasteiger partial charge in [-0.15, -0.1) is 0 Å². The first kappa shape index (κ1) is 10.0. The van der Waals surface area contributed by atoms with Gasteiger partial charge in [0.2, 0.25) is 0 Å². The maximum atomic E-state index is 5.89. The van der Waals surface area contributed by atoms with Gasteiger partial charge in [0.05, 0.1) is 11.4 Å². The summed E-state index contributed by atoms with van der Waals surface area (Å²) in [5.41, 5.74) is 12.9. The molecule has 0 bridgehead atoms. The Morgan fingerprint density at radius 2 is 2.13 bits per heavy atom. The van der Waals surface area contributed by atoms with Crippen LogP contribution in [0, 0.1) is 0 Å². The average molecular weight is 223 g/mol. The predicted octanol–water partition coefficient (Wildman–Crippen LogP) is 1.57. The van der Waals surface area contributed by atoms with Crippen molar-refractivity contribution in [3.63, 3.8) is 0 Å². The summed E-state index contributed by atoms with van der Waals surface area (Å²) in [6, 6.07) is 9.13. The highest BCUT2D eigenvalue weighted by atomic mass is 35.5. The summed E-state index contributed by atoms with van der Waals surface area (Å²) in [5, 5.41) is 4.81.